The summed E-state index contributed by atoms with van der Waals surface area (Å²) in [5.74, 6) is -1.43. The van der Waals surface area contributed by atoms with E-state index in [2.05, 4.69) is 22.4 Å². The quantitative estimate of drug-likeness (QED) is 0.583. The lowest BCUT2D eigenvalue weighted by Crippen LogP contribution is -2.46. The molecule has 0 spiro atoms. The summed E-state index contributed by atoms with van der Waals surface area (Å²) < 4.78 is 0. The van der Waals surface area contributed by atoms with E-state index in [0.717, 1.165) is 22.8 Å². The Balaban J connectivity index is 1.62. The van der Waals surface area contributed by atoms with Crippen molar-refractivity contribution in [2.45, 2.75) is 25.8 Å². The molecule has 4 heterocycles. The lowest BCUT2D eigenvalue weighted by atomic mass is 9.99. The average Bonchev–Trinajstić information content (AvgIpc) is 3.36. The third-order valence-corrected chi connectivity index (χ3v) is 6.70. The second kappa shape index (κ2) is 6.94. The van der Waals surface area contributed by atoms with Gasteiger partial charge in [-0.3, -0.25) is 19.4 Å². The number of hydrogen-bond acceptors (Lipinski definition) is 6. The summed E-state index contributed by atoms with van der Waals surface area (Å²) in [4.78, 5) is 43.9. The predicted octanol–water partition coefficient (Wildman–Crippen LogP) is 2.92. The molecule has 0 aliphatic carbocycles. The molecule has 1 saturated heterocycles. The zero-order chi connectivity index (χ0) is 18.3. The van der Waals surface area contributed by atoms with E-state index >= 15 is 0 Å². The number of carbonyl (C=O) groups excluding carboxylic acids is 3. The molecule has 2 aromatic heterocycles. The van der Waals surface area contributed by atoms with Gasteiger partial charge in [0.25, 0.3) is 0 Å². The van der Waals surface area contributed by atoms with Crippen LogP contribution in [-0.4, -0.2) is 52.3 Å². The highest BCUT2D eigenvalue weighted by molar-refractivity contribution is 7.10. The van der Waals surface area contributed by atoms with Gasteiger partial charge in [-0.1, -0.05) is 13.0 Å². The molecule has 0 saturated carbocycles. The van der Waals surface area contributed by atoms with Crippen LogP contribution in [0.3, 0.4) is 0 Å². The maximum absolute atomic E-state index is 12.6. The third-order valence-electron chi connectivity index (χ3n) is 4.78. The topological polar surface area (TPSA) is 60.9 Å². The number of nitrogens with zero attached hydrogens (tertiary/aromatic N) is 3. The van der Waals surface area contributed by atoms with Crippen LogP contribution in [0.15, 0.2) is 29.0 Å². The minimum Gasteiger partial charge on any atom is -0.273 e. The van der Waals surface area contributed by atoms with E-state index in [1.807, 2.05) is 18.4 Å². The fourth-order valence-electron chi connectivity index (χ4n) is 3.58. The highest BCUT2D eigenvalue weighted by Crippen LogP contribution is 2.39. The maximum Gasteiger partial charge on any atom is 0.335 e. The van der Waals surface area contributed by atoms with Crippen molar-refractivity contribution in [3.05, 3.63) is 44.3 Å². The maximum atomic E-state index is 12.6. The smallest absolute Gasteiger partial charge is 0.273 e. The Morgan fingerprint density at radius 1 is 1.08 bits per heavy atom. The molecule has 1 atom stereocenters. The predicted molar refractivity (Wildman–Crippen MR) is 100 cm³/mol. The molecule has 1 fully saturated rings. The summed E-state index contributed by atoms with van der Waals surface area (Å²) in [6.45, 7) is 3.04. The summed E-state index contributed by atoms with van der Waals surface area (Å²) in [5, 5.41) is 4.13. The van der Waals surface area contributed by atoms with Crippen LogP contribution < -0.4 is 0 Å². The lowest BCUT2D eigenvalue weighted by molar-refractivity contribution is -0.144. The molecule has 4 amide bonds. The van der Waals surface area contributed by atoms with E-state index < -0.39 is 17.8 Å². The Morgan fingerprint density at radius 3 is 2.62 bits per heavy atom. The zero-order valence-electron chi connectivity index (χ0n) is 14.4. The van der Waals surface area contributed by atoms with Crippen molar-refractivity contribution in [2.75, 3.05) is 19.8 Å². The number of imide groups is 2. The molecular weight excluding hydrogens is 370 g/mol. The van der Waals surface area contributed by atoms with Gasteiger partial charge in [0.1, 0.15) is 0 Å². The van der Waals surface area contributed by atoms with Gasteiger partial charge in [-0.15, -0.1) is 22.7 Å². The molecule has 2 aromatic rings. The Bertz CT molecular complexity index is 846. The molecule has 0 radical (unpaired) electrons. The minimum absolute atomic E-state index is 0.0147. The number of hydrogen-bond donors (Lipinski definition) is 0. The van der Waals surface area contributed by atoms with Crippen molar-refractivity contribution in [3.63, 3.8) is 0 Å². The van der Waals surface area contributed by atoms with Crippen molar-refractivity contribution in [1.29, 1.82) is 0 Å². The highest BCUT2D eigenvalue weighted by atomic mass is 32.1. The molecule has 26 heavy (non-hydrogen) atoms. The van der Waals surface area contributed by atoms with Crippen LogP contribution in [-0.2, 0) is 16.0 Å². The van der Waals surface area contributed by atoms with Crippen molar-refractivity contribution in [3.8, 4) is 0 Å². The molecule has 2 aliphatic rings. The van der Waals surface area contributed by atoms with Crippen LogP contribution in [0.4, 0.5) is 4.79 Å². The molecular formula is C18H19N3O3S2. The molecule has 136 valence electrons. The largest absolute Gasteiger partial charge is 0.335 e. The van der Waals surface area contributed by atoms with Gasteiger partial charge >= 0.3 is 17.8 Å². The normalized spacial score (nSPS) is 21.0. The van der Waals surface area contributed by atoms with E-state index in [-0.39, 0.29) is 19.3 Å². The number of amides is 4. The van der Waals surface area contributed by atoms with Crippen molar-refractivity contribution in [2.24, 2.45) is 0 Å². The second-order valence-electron chi connectivity index (χ2n) is 6.39. The summed E-state index contributed by atoms with van der Waals surface area (Å²) in [6.07, 6.45) is 1.52. The third kappa shape index (κ3) is 2.78. The number of fused-ring (bicyclic) bond motifs is 1. The van der Waals surface area contributed by atoms with E-state index in [0.29, 0.717) is 6.42 Å². The molecule has 2 aliphatic heterocycles. The van der Waals surface area contributed by atoms with Crippen LogP contribution in [0.25, 0.3) is 0 Å². The zero-order valence-corrected chi connectivity index (χ0v) is 16.0. The van der Waals surface area contributed by atoms with Crippen LogP contribution in [0.1, 0.15) is 34.7 Å². The SMILES string of the molecule is CCCN1C(=O)C(=O)N(CN2CCc3sccc3[C@@H]2c2cccs2)C1=O. The molecule has 0 aromatic carbocycles. The molecule has 0 N–H and O–H groups in total. The Kier molecular flexibility index (Phi) is 4.64. The first-order chi connectivity index (χ1) is 12.6. The molecule has 0 unspecified atom stereocenters. The number of urea groups is 1. The van der Waals surface area contributed by atoms with Gasteiger partial charge in [-0.25, -0.2) is 9.69 Å². The Hall–Kier alpha value is -2.03. The summed E-state index contributed by atoms with van der Waals surface area (Å²) >= 11 is 3.41. The van der Waals surface area contributed by atoms with E-state index in [4.69, 9.17) is 0 Å². The molecule has 8 heteroatoms. The lowest BCUT2D eigenvalue weighted by Gasteiger charge is -2.36. The summed E-state index contributed by atoms with van der Waals surface area (Å²) in [5.41, 5.74) is 1.24. The van der Waals surface area contributed by atoms with Crippen LogP contribution in [0.5, 0.6) is 0 Å². The van der Waals surface area contributed by atoms with E-state index in [1.54, 1.807) is 22.7 Å². The van der Waals surface area contributed by atoms with Crippen molar-refractivity contribution < 1.29 is 14.4 Å². The van der Waals surface area contributed by atoms with Gasteiger partial charge in [-0.2, -0.15) is 0 Å². The van der Waals surface area contributed by atoms with E-state index in [1.165, 1.54) is 15.3 Å². The van der Waals surface area contributed by atoms with Gasteiger partial charge in [-0.05, 0) is 41.3 Å². The Labute approximate surface area is 159 Å². The van der Waals surface area contributed by atoms with Crippen LogP contribution >= 0.6 is 22.7 Å². The van der Waals surface area contributed by atoms with Gasteiger partial charge < -0.3 is 0 Å². The number of rotatable bonds is 5. The van der Waals surface area contributed by atoms with Gasteiger partial charge in [0.05, 0.1) is 12.7 Å². The standard InChI is InChI=1S/C18H19N3O3S2/c1-2-7-20-16(22)17(23)21(18(20)24)11-19-8-5-13-12(6-10-26-13)15(19)14-4-3-9-25-14/h3-4,6,9-10,15H,2,5,7-8,11H2,1H3/t15-/m1/s1. The van der Waals surface area contributed by atoms with Crippen molar-refractivity contribution >= 4 is 40.5 Å². The van der Waals surface area contributed by atoms with Crippen LogP contribution in [0.2, 0.25) is 0 Å². The van der Waals surface area contributed by atoms with Gasteiger partial charge in [0.2, 0.25) is 0 Å². The fraction of sp³-hybridized carbons (Fsp3) is 0.389. The fourth-order valence-corrected chi connectivity index (χ4v) is 5.36. The summed E-state index contributed by atoms with van der Waals surface area (Å²) in [7, 11) is 0. The first-order valence-corrected chi connectivity index (χ1v) is 10.4. The molecule has 0 bridgehead atoms. The first kappa shape index (κ1) is 17.4. The number of thiophene rings is 2. The highest BCUT2D eigenvalue weighted by Gasteiger charge is 2.45. The molecule has 4 rings (SSSR count). The monoisotopic (exact) mass is 389 g/mol. The average molecular weight is 390 g/mol. The van der Waals surface area contributed by atoms with Crippen molar-refractivity contribution in [1.82, 2.24) is 14.7 Å². The van der Waals surface area contributed by atoms with E-state index in [9.17, 15) is 14.4 Å². The summed E-state index contributed by atoms with van der Waals surface area (Å²) in [6, 6.07) is 5.73. The minimum atomic E-state index is -0.718. The molecule has 6 nitrogen and oxygen atoms in total. The van der Waals surface area contributed by atoms with Crippen LogP contribution in [0, 0.1) is 0 Å². The Morgan fingerprint density at radius 2 is 1.88 bits per heavy atom. The van der Waals surface area contributed by atoms with Gasteiger partial charge in [0, 0.05) is 22.8 Å². The van der Waals surface area contributed by atoms with Gasteiger partial charge in [0.15, 0.2) is 0 Å². The first-order valence-electron chi connectivity index (χ1n) is 8.62. The second-order valence-corrected chi connectivity index (χ2v) is 8.37. The number of carbonyl (C=O) groups is 3.